The van der Waals surface area contributed by atoms with E-state index >= 15 is 0 Å². The zero-order valence-corrected chi connectivity index (χ0v) is 10.3. The first-order valence-corrected chi connectivity index (χ1v) is 5.85. The lowest BCUT2D eigenvalue weighted by atomic mass is 9.86. The molecule has 0 unspecified atom stereocenters. The molecule has 1 aromatic carbocycles. The summed E-state index contributed by atoms with van der Waals surface area (Å²) in [5.41, 5.74) is 1.21. The molecule has 0 saturated carbocycles. The Kier molecular flexibility index (Phi) is 5.03. The summed E-state index contributed by atoms with van der Waals surface area (Å²) in [7, 11) is 0. The molecule has 0 fully saturated rings. The number of ether oxygens (including phenoxy) is 1. The van der Waals surface area contributed by atoms with Crippen molar-refractivity contribution in [2.24, 2.45) is 5.92 Å². The normalized spacial score (nSPS) is 12.5. The molecule has 0 N–H and O–H groups in total. The number of esters is 1. The molecule has 0 spiro atoms. The second-order valence-corrected chi connectivity index (χ2v) is 4.27. The van der Waals surface area contributed by atoms with Gasteiger partial charge in [-0.15, -0.1) is 0 Å². The highest BCUT2D eigenvalue weighted by molar-refractivity contribution is 5.70. The minimum absolute atomic E-state index is 0.106. The van der Waals surface area contributed by atoms with Gasteiger partial charge in [0.15, 0.2) is 0 Å². The molecule has 0 aliphatic heterocycles. The molecule has 0 radical (unpaired) electrons. The minimum Gasteiger partial charge on any atom is -0.466 e. The van der Waals surface area contributed by atoms with Crippen LogP contribution in [-0.4, -0.2) is 12.6 Å². The average Bonchev–Trinajstić information content (AvgIpc) is 2.27. The van der Waals surface area contributed by atoms with E-state index in [1.807, 2.05) is 25.1 Å². The van der Waals surface area contributed by atoms with Crippen molar-refractivity contribution in [3.8, 4) is 0 Å². The Hall–Kier alpha value is -1.31. The molecular formula is C14H20O2. The van der Waals surface area contributed by atoms with Gasteiger partial charge in [0, 0.05) is 0 Å². The van der Waals surface area contributed by atoms with Gasteiger partial charge in [-0.05, 0) is 24.3 Å². The van der Waals surface area contributed by atoms with Crippen LogP contribution in [0.15, 0.2) is 30.3 Å². The van der Waals surface area contributed by atoms with Gasteiger partial charge in [0.05, 0.1) is 13.0 Å². The molecule has 0 amide bonds. The van der Waals surface area contributed by atoms with E-state index in [2.05, 4.69) is 26.0 Å². The van der Waals surface area contributed by atoms with Gasteiger partial charge in [-0.25, -0.2) is 0 Å². The van der Waals surface area contributed by atoms with Crippen LogP contribution in [-0.2, 0) is 9.53 Å². The summed E-state index contributed by atoms with van der Waals surface area (Å²) in [6.45, 7) is 6.57. The van der Waals surface area contributed by atoms with E-state index in [1.54, 1.807) is 0 Å². The number of carbonyl (C=O) groups is 1. The van der Waals surface area contributed by atoms with Gasteiger partial charge in [0.2, 0.25) is 0 Å². The summed E-state index contributed by atoms with van der Waals surface area (Å²) in [5.74, 6) is 0.581. The predicted octanol–water partition coefficient (Wildman–Crippen LogP) is 3.38. The van der Waals surface area contributed by atoms with Crippen LogP contribution in [0.5, 0.6) is 0 Å². The molecule has 2 nitrogen and oxygen atoms in total. The van der Waals surface area contributed by atoms with Gasteiger partial charge in [-0.1, -0.05) is 44.2 Å². The lowest BCUT2D eigenvalue weighted by Crippen LogP contribution is -2.14. The summed E-state index contributed by atoms with van der Waals surface area (Å²) in [5, 5.41) is 0. The quantitative estimate of drug-likeness (QED) is 0.711. The van der Waals surface area contributed by atoms with Crippen LogP contribution in [0.2, 0.25) is 0 Å². The first kappa shape index (κ1) is 12.8. The summed E-state index contributed by atoms with van der Waals surface area (Å²) in [6.07, 6.45) is 0.468. The first-order valence-electron chi connectivity index (χ1n) is 5.85. The Morgan fingerprint density at radius 3 is 2.38 bits per heavy atom. The molecule has 0 aliphatic rings. The fourth-order valence-corrected chi connectivity index (χ4v) is 1.84. The zero-order valence-electron chi connectivity index (χ0n) is 10.3. The van der Waals surface area contributed by atoms with Gasteiger partial charge in [-0.3, -0.25) is 4.79 Å². The van der Waals surface area contributed by atoms with Gasteiger partial charge < -0.3 is 4.74 Å². The van der Waals surface area contributed by atoms with Crippen molar-refractivity contribution in [2.45, 2.75) is 33.1 Å². The first-order chi connectivity index (χ1) is 7.65. The second-order valence-electron chi connectivity index (χ2n) is 4.27. The van der Waals surface area contributed by atoms with Gasteiger partial charge in [-0.2, -0.15) is 0 Å². The topological polar surface area (TPSA) is 26.3 Å². The summed E-state index contributed by atoms with van der Waals surface area (Å²) in [6, 6.07) is 10.2. The molecule has 2 heteroatoms. The Balaban J connectivity index is 2.73. The highest BCUT2D eigenvalue weighted by atomic mass is 16.5. The van der Waals surface area contributed by atoms with E-state index in [4.69, 9.17) is 4.74 Å². The highest BCUT2D eigenvalue weighted by Gasteiger charge is 2.19. The van der Waals surface area contributed by atoms with Crippen LogP contribution < -0.4 is 0 Å². The molecule has 1 rings (SSSR count). The van der Waals surface area contributed by atoms with Crippen molar-refractivity contribution in [2.75, 3.05) is 6.61 Å². The van der Waals surface area contributed by atoms with Crippen LogP contribution in [0.1, 0.15) is 38.7 Å². The third-order valence-electron chi connectivity index (χ3n) is 2.72. The molecule has 1 atom stereocenters. The van der Waals surface area contributed by atoms with E-state index < -0.39 is 0 Å². The summed E-state index contributed by atoms with van der Waals surface area (Å²) in [4.78, 5) is 11.5. The molecule has 0 bridgehead atoms. The summed E-state index contributed by atoms with van der Waals surface area (Å²) >= 11 is 0. The van der Waals surface area contributed by atoms with Crippen molar-refractivity contribution in [1.29, 1.82) is 0 Å². The molecule has 16 heavy (non-hydrogen) atoms. The number of carbonyl (C=O) groups excluding carboxylic acids is 1. The van der Waals surface area contributed by atoms with Gasteiger partial charge in [0.1, 0.15) is 0 Å². The third kappa shape index (κ3) is 3.69. The largest absolute Gasteiger partial charge is 0.466 e. The Labute approximate surface area is 97.6 Å². The maximum atomic E-state index is 11.5. The predicted molar refractivity (Wildman–Crippen MR) is 65.3 cm³/mol. The van der Waals surface area contributed by atoms with E-state index in [9.17, 15) is 4.79 Å². The number of hydrogen-bond donors (Lipinski definition) is 0. The number of benzene rings is 1. The lowest BCUT2D eigenvalue weighted by molar-refractivity contribution is -0.143. The van der Waals surface area contributed by atoms with Gasteiger partial charge in [0.25, 0.3) is 0 Å². The fraction of sp³-hybridized carbons (Fsp3) is 0.500. The standard InChI is InChI=1S/C14H20O2/c1-4-16-14(15)10-13(11(2)3)12-8-6-5-7-9-12/h5-9,11,13H,4,10H2,1-3H3/t13-/m0/s1. The maximum absolute atomic E-state index is 11.5. The fourth-order valence-electron chi connectivity index (χ4n) is 1.84. The SMILES string of the molecule is CCOC(=O)C[C@H](c1ccccc1)C(C)C. The van der Waals surface area contributed by atoms with Crippen molar-refractivity contribution in [3.05, 3.63) is 35.9 Å². The van der Waals surface area contributed by atoms with E-state index in [0.29, 0.717) is 18.9 Å². The molecule has 1 aromatic rings. The molecule has 0 saturated heterocycles. The second kappa shape index (κ2) is 6.31. The number of rotatable bonds is 5. The van der Waals surface area contributed by atoms with Crippen LogP contribution in [0.4, 0.5) is 0 Å². The zero-order chi connectivity index (χ0) is 12.0. The average molecular weight is 220 g/mol. The van der Waals surface area contributed by atoms with Gasteiger partial charge >= 0.3 is 5.97 Å². The van der Waals surface area contributed by atoms with E-state index in [1.165, 1.54) is 5.56 Å². The smallest absolute Gasteiger partial charge is 0.306 e. The van der Waals surface area contributed by atoms with Crippen LogP contribution in [0, 0.1) is 5.92 Å². The molecular weight excluding hydrogens is 200 g/mol. The molecule has 0 heterocycles. The van der Waals surface area contributed by atoms with E-state index in [-0.39, 0.29) is 11.9 Å². The monoisotopic (exact) mass is 220 g/mol. The van der Waals surface area contributed by atoms with Crippen molar-refractivity contribution < 1.29 is 9.53 Å². The third-order valence-corrected chi connectivity index (χ3v) is 2.72. The van der Waals surface area contributed by atoms with Crippen molar-refractivity contribution >= 4 is 5.97 Å². The van der Waals surface area contributed by atoms with Crippen LogP contribution in [0.3, 0.4) is 0 Å². The molecule has 0 aliphatic carbocycles. The van der Waals surface area contributed by atoms with E-state index in [0.717, 1.165) is 0 Å². The van der Waals surface area contributed by atoms with Crippen LogP contribution >= 0.6 is 0 Å². The van der Waals surface area contributed by atoms with Crippen molar-refractivity contribution in [1.82, 2.24) is 0 Å². The Morgan fingerprint density at radius 2 is 1.88 bits per heavy atom. The highest BCUT2D eigenvalue weighted by Crippen LogP contribution is 2.27. The summed E-state index contributed by atoms with van der Waals surface area (Å²) < 4.78 is 5.01. The molecule has 0 aromatic heterocycles. The molecule has 88 valence electrons. The maximum Gasteiger partial charge on any atom is 0.306 e. The van der Waals surface area contributed by atoms with Crippen molar-refractivity contribution in [3.63, 3.8) is 0 Å². The minimum atomic E-state index is -0.106. The van der Waals surface area contributed by atoms with Crippen LogP contribution in [0.25, 0.3) is 0 Å². The Morgan fingerprint density at radius 1 is 1.25 bits per heavy atom. The number of hydrogen-bond acceptors (Lipinski definition) is 2. The lowest BCUT2D eigenvalue weighted by Gasteiger charge is -2.20. The Bertz CT molecular complexity index is 317.